The van der Waals surface area contributed by atoms with Gasteiger partial charge in [0, 0.05) is 38.2 Å². The molecule has 2 aliphatic rings. The Morgan fingerprint density at radius 1 is 1.30 bits per heavy atom. The monoisotopic (exact) mass is 277 g/mol. The predicted octanol–water partition coefficient (Wildman–Crippen LogP) is 1.05. The molecule has 0 saturated carbocycles. The molecule has 1 unspecified atom stereocenters. The van der Waals surface area contributed by atoms with Crippen molar-refractivity contribution in [3.8, 4) is 0 Å². The first-order valence-electron chi connectivity index (χ1n) is 7.59. The summed E-state index contributed by atoms with van der Waals surface area (Å²) < 4.78 is 7.37. The van der Waals surface area contributed by atoms with Crippen LogP contribution in [-0.4, -0.2) is 47.0 Å². The maximum atomic E-state index is 11.7. The molecule has 20 heavy (non-hydrogen) atoms. The lowest BCUT2D eigenvalue weighted by molar-refractivity contribution is -0.0322. The van der Waals surface area contributed by atoms with E-state index < -0.39 is 0 Å². The van der Waals surface area contributed by atoms with E-state index in [2.05, 4.69) is 10.00 Å². The molecule has 0 aliphatic carbocycles. The van der Waals surface area contributed by atoms with Gasteiger partial charge in [0.1, 0.15) is 0 Å². The molecular weight excluding hydrogens is 254 g/mol. The van der Waals surface area contributed by atoms with Gasteiger partial charge in [0.2, 0.25) is 0 Å². The molecule has 0 aromatic carbocycles. The number of ether oxygens (including phenoxy) is 1. The van der Waals surface area contributed by atoms with Crippen LogP contribution in [0.2, 0.25) is 0 Å². The molecule has 1 aromatic rings. The zero-order valence-corrected chi connectivity index (χ0v) is 12.1. The summed E-state index contributed by atoms with van der Waals surface area (Å²) in [4.78, 5) is 14.1. The highest BCUT2D eigenvalue weighted by Crippen LogP contribution is 2.20. The van der Waals surface area contributed by atoms with Crippen molar-refractivity contribution >= 4 is 0 Å². The molecule has 0 N–H and O–H groups in total. The van der Waals surface area contributed by atoms with Crippen molar-refractivity contribution < 1.29 is 4.74 Å². The Kier molecular flexibility index (Phi) is 4.17. The Morgan fingerprint density at radius 2 is 2.15 bits per heavy atom. The quantitative estimate of drug-likeness (QED) is 0.825. The average Bonchev–Trinajstić information content (AvgIpc) is 2.41. The van der Waals surface area contributed by atoms with Crippen LogP contribution in [0.4, 0.5) is 0 Å². The SMILES string of the molecule is Cc1ccc(=O)n(CC2CN(CC3CCCCO3)C2)n1. The number of nitrogens with zero attached hydrogens (tertiary/aromatic N) is 3. The average molecular weight is 277 g/mol. The van der Waals surface area contributed by atoms with Gasteiger partial charge in [-0.05, 0) is 32.3 Å². The van der Waals surface area contributed by atoms with Gasteiger partial charge in [0.05, 0.1) is 18.3 Å². The minimum absolute atomic E-state index is 0.00432. The van der Waals surface area contributed by atoms with E-state index >= 15 is 0 Å². The summed E-state index contributed by atoms with van der Waals surface area (Å²) in [6.07, 6.45) is 4.12. The van der Waals surface area contributed by atoms with Gasteiger partial charge in [0.25, 0.3) is 5.56 Å². The van der Waals surface area contributed by atoms with Gasteiger partial charge in [-0.1, -0.05) is 0 Å². The molecule has 0 bridgehead atoms. The third kappa shape index (κ3) is 3.27. The van der Waals surface area contributed by atoms with Crippen molar-refractivity contribution in [2.75, 3.05) is 26.2 Å². The van der Waals surface area contributed by atoms with E-state index in [9.17, 15) is 4.79 Å². The molecule has 110 valence electrons. The highest BCUT2D eigenvalue weighted by molar-refractivity contribution is 4.97. The normalized spacial score (nSPS) is 24.6. The molecule has 3 heterocycles. The summed E-state index contributed by atoms with van der Waals surface area (Å²) >= 11 is 0. The summed E-state index contributed by atoms with van der Waals surface area (Å²) in [6, 6.07) is 3.38. The zero-order chi connectivity index (χ0) is 13.9. The lowest BCUT2D eigenvalue weighted by atomic mass is 9.98. The third-order valence-corrected chi connectivity index (χ3v) is 4.20. The first kappa shape index (κ1) is 13.8. The fourth-order valence-electron chi connectivity index (χ4n) is 3.11. The van der Waals surface area contributed by atoms with Gasteiger partial charge in [-0.2, -0.15) is 5.10 Å². The Hall–Kier alpha value is -1.20. The lowest BCUT2D eigenvalue weighted by Gasteiger charge is -2.41. The lowest BCUT2D eigenvalue weighted by Crippen LogP contribution is -2.52. The van der Waals surface area contributed by atoms with Crippen molar-refractivity contribution in [3.63, 3.8) is 0 Å². The highest BCUT2D eigenvalue weighted by atomic mass is 16.5. The minimum Gasteiger partial charge on any atom is -0.377 e. The molecule has 1 aromatic heterocycles. The predicted molar refractivity (Wildman–Crippen MR) is 76.8 cm³/mol. The van der Waals surface area contributed by atoms with Crippen molar-refractivity contribution in [1.29, 1.82) is 0 Å². The van der Waals surface area contributed by atoms with Gasteiger partial charge in [0.15, 0.2) is 0 Å². The number of aryl methyl sites for hydroxylation is 1. The van der Waals surface area contributed by atoms with Crippen molar-refractivity contribution in [2.45, 2.75) is 38.8 Å². The summed E-state index contributed by atoms with van der Waals surface area (Å²) in [5.74, 6) is 0.547. The largest absolute Gasteiger partial charge is 0.377 e. The van der Waals surface area contributed by atoms with E-state index in [0.717, 1.165) is 38.5 Å². The Bertz CT molecular complexity index is 502. The molecule has 5 heteroatoms. The summed E-state index contributed by atoms with van der Waals surface area (Å²) in [6.45, 7) is 6.74. The molecule has 0 amide bonds. The van der Waals surface area contributed by atoms with E-state index in [1.807, 2.05) is 6.92 Å². The maximum Gasteiger partial charge on any atom is 0.266 e. The molecule has 2 aliphatic heterocycles. The Morgan fingerprint density at radius 3 is 2.90 bits per heavy atom. The molecule has 0 radical (unpaired) electrons. The van der Waals surface area contributed by atoms with Crippen molar-refractivity contribution in [1.82, 2.24) is 14.7 Å². The number of aromatic nitrogens is 2. The second-order valence-corrected chi connectivity index (χ2v) is 6.07. The van der Waals surface area contributed by atoms with Gasteiger partial charge < -0.3 is 4.74 Å². The van der Waals surface area contributed by atoms with Crippen LogP contribution in [0, 0.1) is 12.8 Å². The fraction of sp³-hybridized carbons (Fsp3) is 0.733. The first-order chi connectivity index (χ1) is 9.70. The highest BCUT2D eigenvalue weighted by Gasteiger charge is 2.30. The second-order valence-electron chi connectivity index (χ2n) is 6.07. The van der Waals surface area contributed by atoms with Gasteiger partial charge >= 0.3 is 0 Å². The molecule has 2 saturated heterocycles. The fourth-order valence-corrected chi connectivity index (χ4v) is 3.11. The van der Waals surface area contributed by atoms with Crippen molar-refractivity contribution in [3.05, 3.63) is 28.2 Å². The van der Waals surface area contributed by atoms with Crippen LogP contribution in [-0.2, 0) is 11.3 Å². The molecule has 2 fully saturated rings. The van der Waals surface area contributed by atoms with E-state index in [4.69, 9.17) is 4.74 Å². The summed E-state index contributed by atoms with van der Waals surface area (Å²) in [5, 5.41) is 4.30. The Labute approximate surface area is 119 Å². The van der Waals surface area contributed by atoms with Crippen LogP contribution in [0.5, 0.6) is 0 Å². The van der Waals surface area contributed by atoms with Crippen LogP contribution in [0.15, 0.2) is 16.9 Å². The van der Waals surface area contributed by atoms with Crippen LogP contribution in [0.3, 0.4) is 0 Å². The zero-order valence-electron chi connectivity index (χ0n) is 12.1. The van der Waals surface area contributed by atoms with E-state index in [-0.39, 0.29) is 5.56 Å². The minimum atomic E-state index is 0.00432. The number of hydrogen-bond acceptors (Lipinski definition) is 4. The van der Waals surface area contributed by atoms with Crippen molar-refractivity contribution in [2.24, 2.45) is 5.92 Å². The van der Waals surface area contributed by atoms with Crippen LogP contribution >= 0.6 is 0 Å². The van der Waals surface area contributed by atoms with Crippen LogP contribution in [0.1, 0.15) is 25.0 Å². The number of rotatable bonds is 4. The molecule has 0 spiro atoms. The van der Waals surface area contributed by atoms with Crippen LogP contribution in [0.25, 0.3) is 0 Å². The molecule has 3 rings (SSSR count). The molecular formula is C15H23N3O2. The van der Waals surface area contributed by atoms with E-state index in [0.29, 0.717) is 12.0 Å². The number of likely N-dealkylation sites (tertiary alicyclic amines) is 1. The summed E-state index contributed by atoms with van der Waals surface area (Å²) in [7, 11) is 0. The van der Waals surface area contributed by atoms with Gasteiger partial charge in [-0.15, -0.1) is 0 Å². The topological polar surface area (TPSA) is 47.4 Å². The number of hydrogen-bond donors (Lipinski definition) is 0. The van der Waals surface area contributed by atoms with E-state index in [1.165, 1.54) is 19.3 Å². The molecule has 5 nitrogen and oxygen atoms in total. The molecule has 1 atom stereocenters. The second kappa shape index (κ2) is 6.06. The van der Waals surface area contributed by atoms with Gasteiger partial charge in [-0.25, -0.2) is 4.68 Å². The smallest absolute Gasteiger partial charge is 0.266 e. The van der Waals surface area contributed by atoms with Crippen LogP contribution < -0.4 is 5.56 Å². The first-order valence-corrected chi connectivity index (χ1v) is 7.59. The third-order valence-electron chi connectivity index (χ3n) is 4.20. The summed E-state index contributed by atoms with van der Waals surface area (Å²) in [5.41, 5.74) is 0.904. The Balaban J connectivity index is 1.46. The van der Waals surface area contributed by atoms with Gasteiger partial charge in [-0.3, -0.25) is 9.69 Å². The van der Waals surface area contributed by atoms with E-state index in [1.54, 1.807) is 16.8 Å². The maximum absolute atomic E-state index is 11.7. The standard InChI is InChI=1S/C15H23N3O2/c1-12-5-6-15(19)18(16-12)10-13-8-17(9-13)11-14-4-2-3-7-20-14/h5-6,13-14H,2-4,7-11H2,1H3.